The molecule has 0 heterocycles. The van der Waals surface area contributed by atoms with Crippen LogP contribution in [0.3, 0.4) is 0 Å². The van der Waals surface area contributed by atoms with E-state index in [9.17, 15) is 5.11 Å². The van der Waals surface area contributed by atoms with E-state index in [-0.39, 0.29) is 6.10 Å². The molecule has 2 nitrogen and oxygen atoms in total. The van der Waals surface area contributed by atoms with E-state index in [1.807, 2.05) is 26.0 Å². The zero-order valence-corrected chi connectivity index (χ0v) is 11.2. The Kier molecular flexibility index (Phi) is 4.90. The van der Waals surface area contributed by atoms with E-state index in [4.69, 9.17) is 11.6 Å². The smallest absolute Gasteiger partial charge is 0.0709 e. The first-order valence-corrected chi connectivity index (χ1v) is 6.09. The van der Waals surface area contributed by atoms with Crippen molar-refractivity contribution >= 4 is 33.2 Å². The van der Waals surface area contributed by atoms with Crippen LogP contribution in [0.2, 0.25) is 5.02 Å². The summed E-state index contributed by atoms with van der Waals surface area (Å²) in [5.74, 6) is 0. The summed E-state index contributed by atoms with van der Waals surface area (Å²) in [6.07, 6.45) is 0.418. The number of aliphatic hydroxyl groups excluding tert-OH is 1. The van der Waals surface area contributed by atoms with Gasteiger partial charge in [0.25, 0.3) is 0 Å². The second-order valence-corrected chi connectivity index (χ2v) is 4.79. The SMILES string of the molecule is CCC(O)CNc1cc(Cl)c(C)cc1Br. The van der Waals surface area contributed by atoms with Crippen LogP contribution in [0.5, 0.6) is 0 Å². The minimum absolute atomic E-state index is 0.322. The van der Waals surface area contributed by atoms with Crippen molar-refractivity contribution in [1.82, 2.24) is 0 Å². The minimum Gasteiger partial charge on any atom is -0.391 e. The molecule has 1 unspecified atom stereocenters. The first-order chi connectivity index (χ1) is 7.04. The van der Waals surface area contributed by atoms with E-state index in [0.29, 0.717) is 6.54 Å². The Morgan fingerprint density at radius 1 is 1.53 bits per heavy atom. The molecule has 2 N–H and O–H groups in total. The lowest BCUT2D eigenvalue weighted by Gasteiger charge is -2.13. The molecule has 1 aromatic carbocycles. The van der Waals surface area contributed by atoms with Crippen molar-refractivity contribution in [1.29, 1.82) is 0 Å². The van der Waals surface area contributed by atoms with E-state index < -0.39 is 0 Å². The molecule has 4 heteroatoms. The van der Waals surface area contributed by atoms with Gasteiger partial charge in [0.2, 0.25) is 0 Å². The normalized spacial score (nSPS) is 12.6. The second-order valence-electron chi connectivity index (χ2n) is 3.52. The molecule has 0 saturated heterocycles. The van der Waals surface area contributed by atoms with Gasteiger partial charge in [-0.15, -0.1) is 0 Å². The van der Waals surface area contributed by atoms with Crippen LogP contribution < -0.4 is 5.32 Å². The molecule has 0 aliphatic rings. The van der Waals surface area contributed by atoms with Crippen molar-refractivity contribution in [2.45, 2.75) is 26.4 Å². The molecule has 1 atom stereocenters. The van der Waals surface area contributed by atoms with Gasteiger partial charge in [-0.3, -0.25) is 0 Å². The van der Waals surface area contributed by atoms with Gasteiger partial charge < -0.3 is 10.4 Å². The zero-order valence-electron chi connectivity index (χ0n) is 8.85. The van der Waals surface area contributed by atoms with Crippen molar-refractivity contribution in [3.05, 3.63) is 27.2 Å². The number of nitrogens with one attached hydrogen (secondary N) is 1. The van der Waals surface area contributed by atoms with Gasteiger partial charge in [-0.05, 0) is 47.0 Å². The molecule has 0 amide bonds. The molecule has 1 aromatic rings. The molecule has 0 radical (unpaired) electrons. The highest BCUT2D eigenvalue weighted by Gasteiger charge is 2.05. The average molecular weight is 293 g/mol. The molecule has 84 valence electrons. The molecule has 0 aliphatic heterocycles. The van der Waals surface area contributed by atoms with Gasteiger partial charge in [0, 0.05) is 16.0 Å². The van der Waals surface area contributed by atoms with E-state index in [0.717, 1.165) is 27.2 Å². The van der Waals surface area contributed by atoms with Gasteiger partial charge >= 0.3 is 0 Å². The summed E-state index contributed by atoms with van der Waals surface area (Å²) in [5, 5.41) is 13.3. The molecule has 0 bridgehead atoms. The van der Waals surface area contributed by atoms with Crippen LogP contribution >= 0.6 is 27.5 Å². The molecule has 0 saturated carbocycles. The summed E-state index contributed by atoms with van der Waals surface area (Å²) >= 11 is 9.46. The summed E-state index contributed by atoms with van der Waals surface area (Å²) in [7, 11) is 0. The fourth-order valence-corrected chi connectivity index (χ4v) is 1.92. The summed E-state index contributed by atoms with van der Waals surface area (Å²) in [4.78, 5) is 0. The zero-order chi connectivity index (χ0) is 11.4. The number of aryl methyl sites for hydroxylation is 1. The number of hydrogen-bond acceptors (Lipinski definition) is 2. The Hall–Kier alpha value is -0.250. The van der Waals surface area contributed by atoms with Crippen LogP contribution in [0.25, 0.3) is 0 Å². The summed E-state index contributed by atoms with van der Waals surface area (Å²) < 4.78 is 0.965. The maximum absolute atomic E-state index is 9.42. The fraction of sp³-hybridized carbons (Fsp3) is 0.455. The minimum atomic E-state index is -0.322. The van der Waals surface area contributed by atoms with Gasteiger partial charge in [0.15, 0.2) is 0 Å². The van der Waals surface area contributed by atoms with Crippen LogP contribution in [0.15, 0.2) is 16.6 Å². The van der Waals surface area contributed by atoms with Crippen molar-refractivity contribution in [2.75, 3.05) is 11.9 Å². The molecule has 0 spiro atoms. The van der Waals surface area contributed by atoms with Crippen molar-refractivity contribution in [2.24, 2.45) is 0 Å². The Bertz CT molecular complexity index is 344. The van der Waals surface area contributed by atoms with E-state index in [2.05, 4.69) is 21.2 Å². The van der Waals surface area contributed by atoms with Crippen LogP contribution in [0.4, 0.5) is 5.69 Å². The third-order valence-electron chi connectivity index (χ3n) is 2.25. The maximum Gasteiger partial charge on any atom is 0.0709 e. The second kappa shape index (κ2) is 5.73. The Labute approximate surface area is 104 Å². The van der Waals surface area contributed by atoms with Crippen molar-refractivity contribution in [3.63, 3.8) is 0 Å². The Morgan fingerprint density at radius 3 is 2.80 bits per heavy atom. The summed E-state index contributed by atoms with van der Waals surface area (Å²) in [5.41, 5.74) is 1.95. The number of aliphatic hydroxyl groups is 1. The number of halogens is 2. The van der Waals surface area contributed by atoms with Crippen molar-refractivity contribution in [3.8, 4) is 0 Å². The lowest BCUT2D eigenvalue weighted by molar-refractivity contribution is 0.183. The first-order valence-electron chi connectivity index (χ1n) is 4.92. The lowest BCUT2D eigenvalue weighted by atomic mass is 10.2. The monoisotopic (exact) mass is 291 g/mol. The van der Waals surface area contributed by atoms with Gasteiger partial charge in [0.1, 0.15) is 0 Å². The van der Waals surface area contributed by atoms with Gasteiger partial charge in [-0.1, -0.05) is 18.5 Å². The highest BCUT2D eigenvalue weighted by molar-refractivity contribution is 9.10. The standard InChI is InChI=1S/C11H15BrClNO/c1-3-8(15)6-14-11-5-10(13)7(2)4-9(11)12/h4-5,8,14-15H,3,6H2,1-2H3. The van der Waals surface area contributed by atoms with Gasteiger partial charge in [-0.2, -0.15) is 0 Å². The molecule has 15 heavy (non-hydrogen) atoms. The summed E-state index contributed by atoms with van der Waals surface area (Å²) in [6.45, 7) is 4.44. The lowest BCUT2D eigenvalue weighted by Crippen LogP contribution is -2.18. The van der Waals surface area contributed by atoms with Crippen molar-refractivity contribution < 1.29 is 5.11 Å². The third-order valence-corrected chi connectivity index (χ3v) is 3.31. The fourth-order valence-electron chi connectivity index (χ4n) is 1.15. The number of hydrogen-bond donors (Lipinski definition) is 2. The molecule has 0 aromatic heterocycles. The highest BCUT2D eigenvalue weighted by Crippen LogP contribution is 2.29. The predicted octanol–water partition coefficient (Wildman–Crippen LogP) is 3.59. The number of benzene rings is 1. The highest BCUT2D eigenvalue weighted by atomic mass is 79.9. The maximum atomic E-state index is 9.42. The molecular formula is C11H15BrClNO. The number of anilines is 1. The van der Waals surface area contributed by atoms with Crippen LogP contribution in [0.1, 0.15) is 18.9 Å². The third kappa shape index (κ3) is 3.67. The molecular weight excluding hydrogens is 277 g/mol. The predicted molar refractivity (Wildman–Crippen MR) is 68.7 cm³/mol. The Balaban J connectivity index is 2.73. The van der Waals surface area contributed by atoms with E-state index in [1.54, 1.807) is 0 Å². The van der Waals surface area contributed by atoms with Crippen LogP contribution in [-0.4, -0.2) is 17.8 Å². The van der Waals surface area contributed by atoms with Crippen LogP contribution in [-0.2, 0) is 0 Å². The molecule has 0 fully saturated rings. The van der Waals surface area contributed by atoms with E-state index in [1.165, 1.54) is 0 Å². The molecule has 0 aliphatic carbocycles. The topological polar surface area (TPSA) is 32.3 Å². The van der Waals surface area contributed by atoms with E-state index >= 15 is 0 Å². The summed E-state index contributed by atoms with van der Waals surface area (Å²) in [6, 6.07) is 3.83. The average Bonchev–Trinajstić information content (AvgIpc) is 2.21. The largest absolute Gasteiger partial charge is 0.391 e. The number of rotatable bonds is 4. The Morgan fingerprint density at radius 2 is 2.20 bits per heavy atom. The quantitative estimate of drug-likeness (QED) is 0.889. The first kappa shape index (κ1) is 12.8. The van der Waals surface area contributed by atoms with Crippen LogP contribution in [0, 0.1) is 6.92 Å². The van der Waals surface area contributed by atoms with Gasteiger partial charge in [0.05, 0.1) is 11.8 Å². The van der Waals surface area contributed by atoms with Gasteiger partial charge in [-0.25, -0.2) is 0 Å². The molecule has 1 rings (SSSR count).